The maximum absolute atomic E-state index is 14.2. The fraction of sp³-hybridized carbons (Fsp3) is 0.214. The van der Waals surface area contributed by atoms with Crippen molar-refractivity contribution >= 4 is 11.8 Å². The Balaban J connectivity index is 2.64. The molecular weight excluding hydrogens is 293 g/mol. The van der Waals surface area contributed by atoms with Gasteiger partial charge in [0.1, 0.15) is 23.2 Å². The van der Waals surface area contributed by atoms with Gasteiger partial charge in [0.25, 0.3) is 5.56 Å². The van der Waals surface area contributed by atoms with Gasteiger partial charge in [-0.1, -0.05) is 11.8 Å². The summed E-state index contributed by atoms with van der Waals surface area (Å²) in [4.78, 5) is 18.4. The zero-order valence-corrected chi connectivity index (χ0v) is 12.3. The van der Waals surface area contributed by atoms with E-state index >= 15 is 0 Å². The highest BCUT2D eigenvalue weighted by atomic mass is 32.2. The fourth-order valence-corrected chi connectivity index (χ4v) is 2.17. The van der Waals surface area contributed by atoms with Crippen LogP contribution in [0.2, 0.25) is 0 Å². The van der Waals surface area contributed by atoms with Gasteiger partial charge >= 0.3 is 0 Å². The zero-order valence-electron chi connectivity index (χ0n) is 11.4. The molecule has 2 rings (SSSR count). The van der Waals surface area contributed by atoms with Crippen molar-refractivity contribution in [2.24, 2.45) is 0 Å². The summed E-state index contributed by atoms with van der Waals surface area (Å²) in [5, 5.41) is 9.41. The molecule has 0 saturated heterocycles. The van der Waals surface area contributed by atoms with Crippen molar-refractivity contribution in [2.75, 3.05) is 12.9 Å². The van der Waals surface area contributed by atoms with Crippen LogP contribution in [0, 0.1) is 17.1 Å². The van der Waals surface area contributed by atoms with Gasteiger partial charge in [-0.05, 0) is 25.3 Å². The van der Waals surface area contributed by atoms with Crippen LogP contribution < -0.4 is 10.3 Å². The first kappa shape index (κ1) is 15.1. The predicted molar refractivity (Wildman–Crippen MR) is 77.9 cm³/mol. The average Bonchev–Trinajstić information content (AvgIpc) is 2.47. The standard InChI is InChI=1S/C14H12FN3O2S/c1-3-20-8-4-5-9(11(15)6-8)12-10(7-16)13(19)18-14(17-12)21-2/h4-6H,3H2,1-2H3,(H,17,18,19). The van der Waals surface area contributed by atoms with Gasteiger partial charge in [-0.15, -0.1) is 0 Å². The molecule has 0 saturated carbocycles. The van der Waals surface area contributed by atoms with E-state index in [1.807, 2.05) is 0 Å². The Morgan fingerprint density at radius 1 is 1.52 bits per heavy atom. The summed E-state index contributed by atoms with van der Waals surface area (Å²) < 4.78 is 19.4. The van der Waals surface area contributed by atoms with Crippen LogP contribution in [0.25, 0.3) is 11.3 Å². The Kier molecular flexibility index (Phi) is 4.60. The number of benzene rings is 1. The molecule has 2 aromatic rings. The Morgan fingerprint density at radius 2 is 2.29 bits per heavy atom. The lowest BCUT2D eigenvalue weighted by Gasteiger charge is -2.08. The highest BCUT2D eigenvalue weighted by molar-refractivity contribution is 7.98. The first-order valence-corrected chi connectivity index (χ1v) is 7.34. The van der Waals surface area contributed by atoms with Crippen LogP contribution in [0.1, 0.15) is 12.5 Å². The molecule has 1 heterocycles. The SMILES string of the molecule is CCOc1ccc(-c2nc(SC)[nH]c(=O)c2C#N)c(F)c1. The molecule has 0 spiro atoms. The molecule has 0 radical (unpaired) electrons. The van der Waals surface area contributed by atoms with Gasteiger partial charge in [-0.2, -0.15) is 5.26 Å². The summed E-state index contributed by atoms with van der Waals surface area (Å²) in [5.74, 6) is -0.213. The Bertz CT molecular complexity index is 768. The van der Waals surface area contributed by atoms with Crippen LogP contribution in [-0.4, -0.2) is 22.8 Å². The monoisotopic (exact) mass is 305 g/mol. The minimum Gasteiger partial charge on any atom is -0.494 e. The molecule has 0 fully saturated rings. The summed E-state index contributed by atoms with van der Waals surface area (Å²) >= 11 is 1.20. The third-order valence-electron chi connectivity index (χ3n) is 2.71. The first-order chi connectivity index (χ1) is 10.1. The highest BCUT2D eigenvalue weighted by Crippen LogP contribution is 2.27. The van der Waals surface area contributed by atoms with E-state index in [2.05, 4.69) is 9.97 Å². The topological polar surface area (TPSA) is 78.8 Å². The van der Waals surface area contributed by atoms with Crippen molar-refractivity contribution < 1.29 is 9.13 Å². The quantitative estimate of drug-likeness (QED) is 0.694. The summed E-state index contributed by atoms with van der Waals surface area (Å²) in [6.07, 6.45) is 1.72. The number of aromatic nitrogens is 2. The molecular formula is C14H12FN3O2S. The van der Waals surface area contributed by atoms with Gasteiger partial charge in [-0.3, -0.25) is 4.79 Å². The van der Waals surface area contributed by atoms with Crippen molar-refractivity contribution in [1.29, 1.82) is 5.26 Å². The second-order valence-electron chi connectivity index (χ2n) is 3.99. The lowest BCUT2D eigenvalue weighted by molar-refractivity contribution is 0.338. The van der Waals surface area contributed by atoms with E-state index in [1.165, 1.54) is 23.9 Å². The molecule has 1 aromatic heterocycles. The molecule has 0 aliphatic heterocycles. The Morgan fingerprint density at radius 3 is 2.86 bits per heavy atom. The molecule has 0 amide bonds. The van der Waals surface area contributed by atoms with Crippen LogP contribution in [0.3, 0.4) is 0 Å². The summed E-state index contributed by atoms with van der Waals surface area (Å²) in [6.45, 7) is 2.21. The normalized spacial score (nSPS) is 10.2. The molecule has 21 heavy (non-hydrogen) atoms. The van der Waals surface area contributed by atoms with E-state index in [1.54, 1.807) is 25.3 Å². The first-order valence-electron chi connectivity index (χ1n) is 6.11. The van der Waals surface area contributed by atoms with E-state index in [9.17, 15) is 9.18 Å². The van der Waals surface area contributed by atoms with Crippen molar-refractivity contribution in [2.45, 2.75) is 12.1 Å². The molecule has 108 valence electrons. The maximum atomic E-state index is 14.2. The van der Waals surface area contributed by atoms with E-state index < -0.39 is 11.4 Å². The summed E-state index contributed by atoms with van der Waals surface area (Å²) in [5.41, 5.74) is -0.668. The van der Waals surface area contributed by atoms with Gasteiger partial charge in [0, 0.05) is 11.6 Å². The number of nitrogens with zero attached hydrogens (tertiary/aromatic N) is 2. The van der Waals surface area contributed by atoms with Gasteiger partial charge in [0.15, 0.2) is 5.16 Å². The van der Waals surface area contributed by atoms with E-state index in [-0.39, 0.29) is 16.8 Å². The highest BCUT2D eigenvalue weighted by Gasteiger charge is 2.17. The number of H-pyrrole nitrogens is 1. The number of nitriles is 1. The van der Waals surface area contributed by atoms with Gasteiger partial charge in [-0.25, -0.2) is 9.37 Å². The lowest BCUT2D eigenvalue weighted by atomic mass is 10.1. The molecule has 7 heteroatoms. The number of nitrogens with one attached hydrogen (secondary N) is 1. The van der Waals surface area contributed by atoms with Crippen molar-refractivity contribution in [1.82, 2.24) is 9.97 Å². The van der Waals surface area contributed by atoms with E-state index in [0.29, 0.717) is 17.5 Å². The second-order valence-corrected chi connectivity index (χ2v) is 4.78. The zero-order chi connectivity index (χ0) is 15.4. The predicted octanol–water partition coefficient (Wildman–Crippen LogP) is 2.57. The Labute approximate surface area is 124 Å². The van der Waals surface area contributed by atoms with Crippen molar-refractivity contribution in [3.63, 3.8) is 0 Å². The largest absolute Gasteiger partial charge is 0.494 e. The minimum atomic E-state index is -0.595. The summed E-state index contributed by atoms with van der Waals surface area (Å²) in [6, 6.07) is 6.00. The van der Waals surface area contributed by atoms with Crippen LogP contribution in [0.5, 0.6) is 5.75 Å². The smallest absolute Gasteiger partial charge is 0.270 e. The molecule has 0 atom stereocenters. The van der Waals surface area contributed by atoms with Crippen LogP contribution in [-0.2, 0) is 0 Å². The summed E-state index contributed by atoms with van der Waals surface area (Å²) in [7, 11) is 0. The van der Waals surface area contributed by atoms with E-state index in [0.717, 1.165) is 0 Å². The molecule has 0 aliphatic carbocycles. The molecule has 0 aliphatic rings. The lowest BCUT2D eigenvalue weighted by Crippen LogP contribution is -2.15. The number of thioether (sulfide) groups is 1. The number of rotatable bonds is 4. The maximum Gasteiger partial charge on any atom is 0.270 e. The van der Waals surface area contributed by atoms with Crippen LogP contribution in [0.15, 0.2) is 28.2 Å². The van der Waals surface area contributed by atoms with Gasteiger partial charge < -0.3 is 9.72 Å². The molecule has 5 nitrogen and oxygen atoms in total. The fourth-order valence-electron chi connectivity index (χ4n) is 1.79. The minimum absolute atomic E-state index is 0.0335. The van der Waals surface area contributed by atoms with Crippen molar-refractivity contribution in [3.8, 4) is 23.1 Å². The molecule has 1 N–H and O–H groups in total. The molecule has 1 aromatic carbocycles. The number of ether oxygens (including phenoxy) is 1. The van der Waals surface area contributed by atoms with Gasteiger partial charge in [0.05, 0.1) is 12.3 Å². The molecule has 0 unspecified atom stereocenters. The number of aromatic amines is 1. The Hall–Kier alpha value is -2.33. The average molecular weight is 305 g/mol. The number of hydrogen-bond donors (Lipinski definition) is 1. The number of hydrogen-bond acceptors (Lipinski definition) is 5. The van der Waals surface area contributed by atoms with Crippen LogP contribution in [0.4, 0.5) is 4.39 Å². The van der Waals surface area contributed by atoms with E-state index in [4.69, 9.17) is 10.00 Å². The van der Waals surface area contributed by atoms with Crippen LogP contribution >= 0.6 is 11.8 Å². The molecule has 0 bridgehead atoms. The second kappa shape index (κ2) is 6.41. The van der Waals surface area contributed by atoms with Crippen molar-refractivity contribution in [3.05, 3.63) is 39.9 Å². The third kappa shape index (κ3) is 3.06. The van der Waals surface area contributed by atoms with Gasteiger partial charge in [0.2, 0.25) is 0 Å². The third-order valence-corrected chi connectivity index (χ3v) is 3.29. The number of halogens is 1.